The molecule has 0 aliphatic carbocycles. The summed E-state index contributed by atoms with van der Waals surface area (Å²) in [4.78, 5) is 11.6. The summed E-state index contributed by atoms with van der Waals surface area (Å²) in [6.07, 6.45) is -7.62. The van der Waals surface area contributed by atoms with Crippen LogP contribution in [-0.4, -0.2) is 73.7 Å². The maximum Gasteiger partial charge on any atom is 0.229 e. The van der Waals surface area contributed by atoms with Gasteiger partial charge in [-0.25, -0.2) is 0 Å². The van der Waals surface area contributed by atoms with E-state index in [1.54, 1.807) is 0 Å². The van der Waals surface area contributed by atoms with E-state index < -0.39 is 54.6 Å². The van der Waals surface area contributed by atoms with Gasteiger partial charge in [0.05, 0.1) is 6.61 Å². The van der Waals surface area contributed by atoms with Crippen LogP contribution >= 0.6 is 0 Å². The summed E-state index contributed by atoms with van der Waals surface area (Å²) in [6, 6.07) is 1.97. The molecule has 0 bridgehead atoms. The van der Waals surface area contributed by atoms with Crippen LogP contribution in [0, 0.1) is 0 Å². The van der Waals surface area contributed by atoms with Crippen LogP contribution in [0.1, 0.15) is 17.3 Å². The molecule has 1 aromatic rings. The number of carbonyl (C=O) groups is 1. The third-order valence-electron chi connectivity index (χ3n) is 3.51. The Balaban J connectivity index is 2.33. The fourth-order valence-corrected chi connectivity index (χ4v) is 2.32. The Kier molecular flexibility index (Phi) is 5.07. The van der Waals surface area contributed by atoms with Crippen LogP contribution in [-0.2, 0) is 4.74 Å². The van der Waals surface area contributed by atoms with Crippen molar-refractivity contribution in [3.8, 4) is 17.2 Å². The lowest BCUT2D eigenvalue weighted by Gasteiger charge is -2.39. The van der Waals surface area contributed by atoms with Gasteiger partial charge in [-0.05, 0) is 6.92 Å². The van der Waals surface area contributed by atoms with E-state index in [4.69, 9.17) is 14.6 Å². The predicted molar refractivity (Wildman–Crippen MR) is 74.2 cm³/mol. The summed E-state index contributed by atoms with van der Waals surface area (Å²) < 4.78 is 10.4. The van der Waals surface area contributed by atoms with Crippen molar-refractivity contribution < 1.29 is 44.9 Å². The van der Waals surface area contributed by atoms with Crippen molar-refractivity contribution in [2.45, 2.75) is 37.6 Å². The fourth-order valence-electron chi connectivity index (χ4n) is 2.32. The third kappa shape index (κ3) is 3.38. The van der Waals surface area contributed by atoms with E-state index in [-0.39, 0.29) is 11.3 Å². The highest BCUT2D eigenvalue weighted by Crippen LogP contribution is 2.35. The van der Waals surface area contributed by atoms with Crippen LogP contribution in [0.25, 0.3) is 0 Å². The summed E-state index contributed by atoms with van der Waals surface area (Å²) in [6.45, 7) is 0.516. The second kappa shape index (κ2) is 6.69. The molecule has 6 N–H and O–H groups in total. The van der Waals surface area contributed by atoms with Crippen LogP contribution in [0.15, 0.2) is 12.1 Å². The minimum absolute atomic E-state index is 0.250. The van der Waals surface area contributed by atoms with Crippen molar-refractivity contribution in [1.29, 1.82) is 0 Å². The van der Waals surface area contributed by atoms with Crippen molar-refractivity contribution in [2.24, 2.45) is 0 Å². The number of aromatic hydroxyl groups is 2. The molecular formula is C14H18O9. The molecule has 1 heterocycles. The van der Waals surface area contributed by atoms with E-state index in [9.17, 15) is 30.3 Å². The molecule has 1 saturated heterocycles. The molecule has 1 aliphatic rings. The minimum Gasteiger partial charge on any atom is -0.508 e. The highest BCUT2D eigenvalue weighted by atomic mass is 16.7. The van der Waals surface area contributed by atoms with Crippen molar-refractivity contribution in [1.82, 2.24) is 0 Å². The van der Waals surface area contributed by atoms with Crippen LogP contribution in [0.5, 0.6) is 17.2 Å². The molecule has 1 aromatic carbocycles. The molecule has 0 amide bonds. The zero-order chi connectivity index (χ0) is 17.3. The van der Waals surface area contributed by atoms with Crippen LogP contribution in [0.2, 0.25) is 0 Å². The van der Waals surface area contributed by atoms with Crippen LogP contribution in [0.3, 0.4) is 0 Å². The lowest BCUT2D eigenvalue weighted by molar-refractivity contribution is -0.277. The predicted octanol–water partition coefficient (Wildman–Crippen LogP) is -1.52. The van der Waals surface area contributed by atoms with E-state index in [1.807, 2.05) is 0 Å². The van der Waals surface area contributed by atoms with Gasteiger partial charge < -0.3 is 40.1 Å². The number of carbonyl (C=O) groups excluding carboxylic acids is 1. The zero-order valence-electron chi connectivity index (χ0n) is 12.2. The molecule has 1 fully saturated rings. The molecular weight excluding hydrogens is 312 g/mol. The highest BCUT2D eigenvalue weighted by molar-refractivity contribution is 5.99. The van der Waals surface area contributed by atoms with Gasteiger partial charge in [0, 0.05) is 12.1 Å². The van der Waals surface area contributed by atoms with Gasteiger partial charge in [0.1, 0.15) is 47.2 Å². The molecule has 9 nitrogen and oxygen atoms in total. The van der Waals surface area contributed by atoms with Gasteiger partial charge >= 0.3 is 0 Å². The van der Waals surface area contributed by atoms with Crippen LogP contribution in [0.4, 0.5) is 0 Å². The molecule has 128 valence electrons. The standard InChI is InChI=1S/C14H18O9/c1-5(16)10-7(18)2-6(17)3-8(10)22-14-13(21)12(20)11(19)9(4-15)23-14/h2-3,9,11-15,17-21H,4H2,1H3/t9?,11?,12?,13?,14-/m1/s1. The maximum absolute atomic E-state index is 11.6. The summed E-state index contributed by atoms with van der Waals surface area (Å²) >= 11 is 0. The lowest BCUT2D eigenvalue weighted by atomic mass is 9.99. The van der Waals surface area contributed by atoms with E-state index >= 15 is 0 Å². The molecule has 9 heteroatoms. The molecule has 0 saturated carbocycles. The Morgan fingerprint density at radius 1 is 1.17 bits per heavy atom. The van der Waals surface area contributed by atoms with Gasteiger partial charge in [-0.3, -0.25) is 4.79 Å². The number of benzene rings is 1. The fraction of sp³-hybridized carbons (Fsp3) is 0.500. The summed E-state index contributed by atoms with van der Waals surface area (Å²) in [5.41, 5.74) is -0.250. The Labute approximate surface area is 130 Å². The Morgan fingerprint density at radius 2 is 1.83 bits per heavy atom. The number of hydrogen-bond acceptors (Lipinski definition) is 9. The Bertz CT molecular complexity index is 586. The largest absolute Gasteiger partial charge is 0.508 e. The first-order valence-electron chi connectivity index (χ1n) is 6.80. The summed E-state index contributed by atoms with van der Waals surface area (Å²) in [7, 11) is 0. The number of aliphatic hydroxyl groups is 4. The summed E-state index contributed by atoms with van der Waals surface area (Å²) in [5, 5.41) is 57.6. The van der Waals surface area contributed by atoms with Crippen molar-refractivity contribution in [3.05, 3.63) is 17.7 Å². The molecule has 0 radical (unpaired) electrons. The maximum atomic E-state index is 11.6. The van der Waals surface area contributed by atoms with Gasteiger partial charge in [-0.2, -0.15) is 0 Å². The molecule has 2 rings (SSSR count). The number of phenolic OH excluding ortho intramolecular Hbond substituents is 2. The SMILES string of the molecule is CC(=O)c1c(O)cc(O)cc1O[C@@H]1OC(CO)C(O)C(O)C1O. The summed E-state index contributed by atoms with van der Waals surface area (Å²) in [5.74, 6) is -1.77. The quantitative estimate of drug-likeness (QED) is 0.361. The van der Waals surface area contributed by atoms with Crippen molar-refractivity contribution >= 4 is 5.78 Å². The average molecular weight is 330 g/mol. The molecule has 4 unspecified atom stereocenters. The number of rotatable bonds is 4. The van der Waals surface area contributed by atoms with E-state index in [0.29, 0.717) is 0 Å². The lowest BCUT2D eigenvalue weighted by Crippen LogP contribution is -2.60. The molecule has 5 atom stereocenters. The smallest absolute Gasteiger partial charge is 0.229 e. The van der Waals surface area contributed by atoms with Gasteiger partial charge in [0.15, 0.2) is 5.78 Å². The number of aliphatic hydroxyl groups excluding tert-OH is 4. The normalized spacial score (nSPS) is 30.9. The monoisotopic (exact) mass is 330 g/mol. The van der Waals surface area contributed by atoms with E-state index in [0.717, 1.165) is 19.1 Å². The van der Waals surface area contributed by atoms with Gasteiger partial charge in [0.2, 0.25) is 6.29 Å². The number of ether oxygens (including phenoxy) is 2. The van der Waals surface area contributed by atoms with Crippen LogP contribution < -0.4 is 4.74 Å². The zero-order valence-corrected chi connectivity index (χ0v) is 12.2. The third-order valence-corrected chi connectivity index (χ3v) is 3.51. The van der Waals surface area contributed by atoms with Crippen molar-refractivity contribution in [2.75, 3.05) is 6.61 Å². The Morgan fingerprint density at radius 3 is 2.39 bits per heavy atom. The van der Waals surface area contributed by atoms with Gasteiger partial charge in [-0.15, -0.1) is 0 Å². The number of phenols is 2. The van der Waals surface area contributed by atoms with Gasteiger partial charge in [0.25, 0.3) is 0 Å². The minimum atomic E-state index is -1.68. The first-order chi connectivity index (χ1) is 10.8. The average Bonchev–Trinajstić information content (AvgIpc) is 2.46. The second-order valence-electron chi connectivity index (χ2n) is 5.21. The highest BCUT2D eigenvalue weighted by Gasteiger charge is 2.45. The molecule has 23 heavy (non-hydrogen) atoms. The first-order valence-corrected chi connectivity index (χ1v) is 6.80. The van der Waals surface area contributed by atoms with Gasteiger partial charge in [-0.1, -0.05) is 0 Å². The molecule has 1 aliphatic heterocycles. The van der Waals surface area contributed by atoms with E-state index in [2.05, 4.69) is 0 Å². The van der Waals surface area contributed by atoms with E-state index in [1.165, 1.54) is 0 Å². The molecule has 0 aromatic heterocycles. The Hall–Kier alpha value is -1.91. The number of Topliss-reactive ketones (excluding diaryl/α,β-unsaturated/α-hetero) is 1. The second-order valence-corrected chi connectivity index (χ2v) is 5.21. The first kappa shape index (κ1) is 17.4. The number of hydrogen-bond donors (Lipinski definition) is 6. The molecule has 0 spiro atoms. The number of ketones is 1. The topological polar surface area (TPSA) is 157 Å². The van der Waals surface area contributed by atoms with Crippen molar-refractivity contribution in [3.63, 3.8) is 0 Å².